The first-order chi connectivity index (χ1) is 11.8. The number of hydrogen-bond acceptors (Lipinski definition) is 4. The Bertz CT molecular complexity index is 705. The molecule has 3 rings (SSSR count). The van der Waals surface area contributed by atoms with E-state index in [2.05, 4.69) is 29.2 Å². The average molecular weight is 360 g/mol. The zero-order chi connectivity index (χ0) is 16.8. The van der Waals surface area contributed by atoms with Gasteiger partial charge in [-0.3, -0.25) is 4.79 Å². The molecule has 0 unspecified atom stereocenters. The zero-order valence-electron chi connectivity index (χ0n) is 13.9. The summed E-state index contributed by atoms with van der Waals surface area (Å²) in [4.78, 5) is 13.4. The van der Waals surface area contributed by atoms with Crippen molar-refractivity contribution < 1.29 is 14.6 Å². The van der Waals surface area contributed by atoms with Gasteiger partial charge in [0.05, 0.1) is 13.2 Å². The Balaban J connectivity index is 0.00000225. The molecule has 0 aromatic heterocycles. The summed E-state index contributed by atoms with van der Waals surface area (Å²) in [7, 11) is 0. The molecule has 0 saturated carbocycles. The molecule has 0 spiro atoms. The third-order valence-electron chi connectivity index (χ3n) is 4.11. The first-order valence-electron chi connectivity index (χ1n) is 8.11. The summed E-state index contributed by atoms with van der Waals surface area (Å²) in [6.45, 7) is 3.00. The lowest BCUT2D eigenvalue weighted by molar-refractivity contribution is -0.117. The Morgan fingerprint density at radius 1 is 1.00 bits per heavy atom. The maximum absolute atomic E-state index is 11.1. The number of anilines is 1. The van der Waals surface area contributed by atoms with Crippen LogP contribution in [0.5, 0.6) is 0 Å². The van der Waals surface area contributed by atoms with E-state index in [4.69, 9.17) is 9.84 Å². The minimum atomic E-state index is -0.454. The van der Waals surface area contributed by atoms with Gasteiger partial charge in [-0.1, -0.05) is 42.5 Å². The van der Waals surface area contributed by atoms with E-state index in [0.717, 1.165) is 43.0 Å². The van der Waals surface area contributed by atoms with Crippen LogP contribution >= 0.6 is 12.4 Å². The Morgan fingerprint density at radius 2 is 1.56 bits per heavy atom. The van der Waals surface area contributed by atoms with Gasteiger partial charge >= 0.3 is 0 Å². The molecule has 2 aromatic rings. The number of benzene rings is 2. The highest BCUT2D eigenvalue weighted by Crippen LogP contribution is 2.24. The maximum atomic E-state index is 11.1. The topological polar surface area (TPSA) is 49.8 Å². The summed E-state index contributed by atoms with van der Waals surface area (Å²) in [6.07, 6.45) is 3.11. The van der Waals surface area contributed by atoms with Gasteiger partial charge in [-0.05, 0) is 34.9 Å². The smallest absolute Gasteiger partial charge is 0.181 e. The number of carbonyl (C=O) groups excluding carboxylic acids is 1. The molecule has 1 fully saturated rings. The highest BCUT2D eigenvalue weighted by atomic mass is 35.5. The molecule has 0 amide bonds. The lowest BCUT2D eigenvalue weighted by atomic mass is 10.0. The molecule has 0 atom stereocenters. The van der Waals surface area contributed by atoms with Crippen molar-refractivity contribution in [1.29, 1.82) is 0 Å². The predicted molar refractivity (Wildman–Crippen MR) is 103 cm³/mol. The van der Waals surface area contributed by atoms with Gasteiger partial charge in [-0.25, -0.2) is 0 Å². The van der Waals surface area contributed by atoms with Gasteiger partial charge in [0, 0.05) is 18.8 Å². The van der Waals surface area contributed by atoms with Crippen LogP contribution in [0.4, 0.5) is 5.69 Å². The van der Waals surface area contributed by atoms with Gasteiger partial charge in [0.25, 0.3) is 0 Å². The van der Waals surface area contributed by atoms with Gasteiger partial charge in [-0.2, -0.15) is 0 Å². The third kappa shape index (κ3) is 5.16. The van der Waals surface area contributed by atoms with Crippen LogP contribution in [0, 0.1) is 0 Å². The number of hydrogen-bond donors (Lipinski definition) is 1. The molecule has 1 aliphatic rings. The van der Waals surface area contributed by atoms with Crippen molar-refractivity contribution in [2.24, 2.45) is 0 Å². The van der Waals surface area contributed by atoms with Gasteiger partial charge in [0.1, 0.15) is 6.61 Å². The van der Waals surface area contributed by atoms with Gasteiger partial charge < -0.3 is 14.7 Å². The van der Waals surface area contributed by atoms with Gasteiger partial charge in [0.15, 0.2) is 5.78 Å². The Kier molecular flexibility index (Phi) is 7.19. The fourth-order valence-corrected chi connectivity index (χ4v) is 2.71. The predicted octanol–water partition coefficient (Wildman–Crippen LogP) is 3.19. The van der Waals surface area contributed by atoms with Crippen molar-refractivity contribution in [3.8, 4) is 11.1 Å². The molecule has 0 bridgehead atoms. The van der Waals surface area contributed by atoms with Crippen molar-refractivity contribution in [3.63, 3.8) is 0 Å². The van der Waals surface area contributed by atoms with E-state index in [1.807, 2.05) is 24.3 Å². The van der Waals surface area contributed by atoms with Crippen molar-refractivity contribution in [1.82, 2.24) is 0 Å². The fraction of sp³-hybridized carbons (Fsp3) is 0.250. The van der Waals surface area contributed by atoms with Gasteiger partial charge in [-0.15, -0.1) is 12.4 Å². The SMILES string of the molecule is Cl.O=C(/C=C/c1ccc(-c2ccc(N3CCOCC3)cc2)cc1)CO. The minimum absolute atomic E-state index is 0. The molecule has 0 aliphatic carbocycles. The van der Waals surface area contributed by atoms with Crippen molar-refractivity contribution in [2.75, 3.05) is 37.8 Å². The van der Waals surface area contributed by atoms with E-state index in [1.54, 1.807) is 6.08 Å². The minimum Gasteiger partial charge on any atom is -0.388 e. The van der Waals surface area contributed by atoms with Crippen LogP contribution in [0.1, 0.15) is 5.56 Å². The summed E-state index contributed by atoms with van der Waals surface area (Å²) in [5.74, 6) is -0.294. The second-order valence-electron chi connectivity index (χ2n) is 5.73. The monoisotopic (exact) mass is 359 g/mol. The van der Waals surface area contributed by atoms with Gasteiger partial charge in [0.2, 0.25) is 0 Å². The van der Waals surface area contributed by atoms with E-state index in [9.17, 15) is 4.79 Å². The normalized spacial score (nSPS) is 14.4. The van der Waals surface area contributed by atoms with Crippen LogP contribution in [-0.2, 0) is 9.53 Å². The Labute approximate surface area is 154 Å². The molecule has 4 nitrogen and oxygen atoms in total. The average Bonchev–Trinajstić information content (AvgIpc) is 2.67. The molecular formula is C20H22ClNO3. The van der Waals surface area contributed by atoms with E-state index in [0.29, 0.717) is 0 Å². The summed E-state index contributed by atoms with van der Waals surface area (Å²) in [5.41, 5.74) is 4.46. The van der Waals surface area contributed by atoms with Crippen LogP contribution in [0.2, 0.25) is 0 Å². The van der Waals surface area contributed by atoms with Crippen LogP contribution < -0.4 is 4.90 Å². The Morgan fingerprint density at radius 3 is 2.12 bits per heavy atom. The van der Waals surface area contributed by atoms with E-state index in [-0.39, 0.29) is 18.2 Å². The number of aliphatic hydroxyl groups is 1. The highest BCUT2D eigenvalue weighted by Gasteiger charge is 2.10. The van der Waals surface area contributed by atoms with Crippen molar-refractivity contribution in [3.05, 3.63) is 60.2 Å². The molecule has 5 heteroatoms. The number of aliphatic hydroxyl groups excluding tert-OH is 1. The highest BCUT2D eigenvalue weighted by molar-refractivity contribution is 5.94. The number of ether oxygens (including phenoxy) is 1. The summed E-state index contributed by atoms with van der Waals surface area (Å²) in [6, 6.07) is 16.6. The first-order valence-corrected chi connectivity index (χ1v) is 8.11. The molecule has 132 valence electrons. The molecular weight excluding hydrogens is 338 g/mol. The number of halogens is 1. The second-order valence-corrected chi connectivity index (χ2v) is 5.73. The maximum Gasteiger partial charge on any atom is 0.181 e. The second kappa shape index (κ2) is 9.37. The zero-order valence-corrected chi connectivity index (χ0v) is 14.7. The first kappa shape index (κ1) is 19.2. The van der Waals surface area contributed by atoms with Crippen LogP contribution in [0.25, 0.3) is 17.2 Å². The lowest BCUT2D eigenvalue weighted by Crippen LogP contribution is -2.36. The van der Waals surface area contributed by atoms with E-state index < -0.39 is 6.61 Å². The van der Waals surface area contributed by atoms with Crippen molar-refractivity contribution in [2.45, 2.75) is 0 Å². The molecule has 0 radical (unpaired) electrons. The summed E-state index contributed by atoms with van der Waals surface area (Å²) < 4.78 is 5.39. The Hall–Kier alpha value is -2.14. The van der Waals surface area contributed by atoms with Crippen LogP contribution in [0.15, 0.2) is 54.6 Å². The van der Waals surface area contributed by atoms with E-state index in [1.165, 1.54) is 11.8 Å². The molecule has 1 heterocycles. The molecule has 1 aliphatic heterocycles. The van der Waals surface area contributed by atoms with Crippen molar-refractivity contribution >= 4 is 30.0 Å². The molecule has 1 N–H and O–H groups in total. The number of rotatable bonds is 5. The fourth-order valence-electron chi connectivity index (χ4n) is 2.71. The third-order valence-corrected chi connectivity index (χ3v) is 4.11. The number of carbonyl (C=O) groups is 1. The lowest BCUT2D eigenvalue weighted by Gasteiger charge is -2.28. The molecule has 2 aromatic carbocycles. The standard InChI is InChI=1S/C20H21NO3.ClH/c22-15-20(23)10-3-16-1-4-17(5-2-16)18-6-8-19(9-7-18)21-11-13-24-14-12-21;/h1-10,22H,11-15H2;1H/b10-3+;. The van der Waals surface area contributed by atoms with E-state index >= 15 is 0 Å². The summed E-state index contributed by atoms with van der Waals surface area (Å²) in [5, 5.41) is 8.71. The summed E-state index contributed by atoms with van der Waals surface area (Å²) >= 11 is 0. The molecule has 1 saturated heterocycles. The molecule has 25 heavy (non-hydrogen) atoms. The number of morpholine rings is 1. The quantitative estimate of drug-likeness (QED) is 0.833. The largest absolute Gasteiger partial charge is 0.388 e. The number of nitrogens with zero attached hydrogens (tertiary/aromatic N) is 1. The van der Waals surface area contributed by atoms with Crippen LogP contribution in [0.3, 0.4) is 0 Å². The number of ketones is 1. The van der Waals surface area contributed by atoms with Crippen LogP contribution in [-0.4, -0.2) is 43.8 Å².